The number of hydrogen-bond acceptors (Lipinski definition) is 5. The smallest absolute Gasteiger partial charge is 0.254 e. The van der Waals surface area contributed by atoms with Crippen LogP contribution in [0.3, 0.4) is 0 Å². The van der Waals surface area contributed by atoms with Crippen molar-refractivity contribution in [2.75, 3.05) is 20.1 Å². The van der Waals surface area contributed by atoms with Crippen LogP contribution in [-0.2, 0) is 13.1 Å². The number of hydrogen-bond donors (Lipinski definition) is 0. The summed E-state index contributed by atoms with van der Waals surface area (Å²) >= 11 is 0. The number of amides is 1. The second-order valence-electron chi connectivity index (χ2n) is 7.34. The van der Waals surface area contributed by atoms with Gasteiger partial charge in [0.05, 0.1) is 19.4 Å². The van der Waals surface area contributed by atoms with E-state index in [0.29, 0.717) is 18.7 Å². The maximum atomic E-state index is 13.3. The largest absolute Gasteiger partial charge is 0.467 e. The van der Waals surface area contributed by atoms with E-state index in [0.717, 1.165) is 37.3 Å². The lowest BCUT2D eigenvalue weighted by Crippen LogP contribution is -2.46. The fraction of sp³-hybridized carbons (Fsp3) is 0.381. The van der Waals surface area contributed by atoms with Crippen LogP contribution >= 0.6 is 0 Å². The van der Waals surface area contributed by atoms with Crippen molar-refractivity contribution in [1.29, 1.82) is 0 Å². The molecule has 7 heteroatoms. The van der Waals surface area contributed by atoms with Crippen molar-refractivity contribution < 1.29 is 9.21 Å². The Hall–Kier alpha value is -2.93. The summed E-state index contributed by atoms with van der Waals surface area (Å²) < 4.78 is 7.28. The highest BCUT2D eigenvalue weighted by molar-refractivity contribution is 5.94. The van der Waals surface area contributed by atoms with Gasteiger partial charge in [-0.3, -0.25) is 4.79 Å². The van der Waals surface area contributed by atoms with E-state index < -0.39 is 0 Å². The molecule has 146 valence electrons. The molecule has 1 aliphatic heterocycles. The summed E-state index contributed by atoms with van der Waals surface area (Å²) in [5.74, 6) is 0.869. The number of aromatic nitrogens is 3. The number of carbonyl (C=O) groups is 1. The average molecular weight is 379 g/mol. The maximum absolute atomic E-state index is 13.3. The van der Waals surface area contributed by atoms with Gasteiger partial charge in [-0.15, -0.1) is 0 Å². The lowest BCUT2D eigenvalue weighted by Gasteiger charge is -2.37. The topological polar surface area (TPSA) is 67.4 Å². The lowest BCUT2D eigenvalue weighted by molar-refractivity contribution is 0.0550. The SMILES string of the molecule is CN1CCC(N(Cc2ccco2)C(=O)c2ccc(Cn3cncn3)cc2)CC1. The van der Waals surface area contributed by atoms with Gasteiger partial charge in [0.25, 0.3) is 5.91 Å². The van der Waals surface area contributed by atoms with E-state index in [-0.39, 0.29) is 11.9 Å². The van der Waals surface area contributed by atoms with Gasteiger partial charge in [0.2, 0.25) is 0 Å². The van der Waals surface area contributed by atoms with E-state index in [2.05, 4.69) is 22.0 Å². The summed E-state index contributed by atoms with van der Waals surface area (Å²) in [6.07, 6.45) is 6.82. The van der Waals surface area contributed by atoms with E-state index in [4.69, 9.17) is 4.42 Å². The molecule has 1 fully saturated rings. The molecule has 1 amide bonds. The summed E-state index contributed by atoms with van der Waals surface area (Å²) in [6, 6.07) is 11.8. The Morgan fingerprint density at radius 1 is 1.21 bits per heavy atom. The van der Waals surface area contributed by atoms with Crippen LogP contribution < -0.4 is 0 Å². The molecule has 0 atom stereocenters. The van der Waals surface area contributed by atoms with Crippen molar-refractivity contribution in [1.82, 2.24) is 24.6 Å². The number of rotatable bonds is 6. The van der Waals surface area contributed by atoms with Crippen molar-refractivity contribution >= 4 is 5.91 Å². The molecule has 2 aromatic heterocycles. The normalized spacial score (nSPS) is 15.6. The minimum Gasteiger partial charge on any atom is -0.467 e. The standard InChI is InChI=1S/C21H25N5O2/c1-24-10-8-19(9-11-24)26(14-20-3-2-12-28-20)21(27)18-6-4-17(5-7-18)13-25-16-22-15-23-25/h2-7,12,15-16,19H,8-11,13-14H2,1H3. The lowest BCUT2D eigenvalue weighted by atomic mass is 10.0. The summed E-state index contributed by atoms with van der Waals surface area (Å²) in [5, 5.41) is 4.12. The Bertz CT molecular complexity index is 866. The van der Waals surface area contributed by atoms with Crippen LogP contribution in [0.4, 0.5) is 0 Å². The van der Waals surface area contributed by atoms with Gasteiger partial charge in [0.15, 0.2) is 0 Å². The molecule has 1 aliphatic rings. The van der Waals surface area contributed by atoms with Gasteiger partial charge >= 0.3 is 0 Å². The first-order chi connectivity index (χ1) is 13.7. The quantitative estimate of drug-likeness (QED) is 0.659. The molecule has 0 N–H and O–H groups in total. The molecular weight excluding hydrogens is 354 g/mol. The highest BCUT2D eigenvalue weighted by Gasteiger charge is 2.28. The highest BCUT2D eigenvalue weighted by Crippen LogP contribution is 2.21. The number of likely N-dealkylation sites (tertiary alicyclic amines) is 1. The Balaban J connectivity index is 1.50. The molecule has 0 unspecified atom stereocenters. The number of carbonyl (C=O) groups excluding carboxylic acids is 1. The van der Waals surface area contributed by atoms with Crippen molar-refractivity contribution in [2.24, 2.45) is 0 Å². The molecule has 7 nitrogen and oxygen atoms in total. The van der Waals surface area contributed by atoms with Gasteiger partial charge in [-0.2, -0.15) is 5.10 Å². The second-order valence-corrected chi connectivity index (χ2v) is 7.34. The third-order valence-electron chi connectivity index (χ3n) is 5.31. The van der Waals surface area contributed by atoms with E-state index in [1.54, 1.807) is 17.3 Å². The van der Waals surface area contributed by atoms with E-state index >= 15 is 0 Å². The molecule has 0 radical (unpaired) electrons. The van der Waals surface area contributed by atoms with Crippen molar-refractivity contribution in [3.63, 3.8) is 0 Å². The van der Waals surface area contributed by atoms with Crippen LogP contribution in [0.5, 0.6) is 0 Å². The van der Waals surface area contributed by atoms with Gasteiger partial charge in [-0.1, -0.05) is 12.1 Å². The molecule has 0 bridgehead atoms. The number of piperidine rings is 1. The zero-order valence-corrected chi connectivity index (χ0v) is 16.1. The molecule has 3 heterocycles. The molecule has 1 saturated heterocycles. The minimum absolute atomic E-state index is 0.0539. The van der Waals surface area contributed by atoms with E-state index in [9.17, 15) is 4.79 Å². The van der Waals surface area contributed by atoms with Crippen molar-refractivity contribution in [2.45, 2.75) is 32.0 Å². The first kappa shape index (κ1) is 18.4. The van der Waals surface area contributed by atoms with Crippen LogP contribution in [0.1, 0.15) is 34.5 Å². The van der Waals surface area contributed by atoms with Gasteiger partial charge in [0.1, 0.15) is 18.4 Å². The summed E-state index contributed by atoms with van der Waals surface area (Å²) in [7, 11) is 2.13. The number of furan rings is 1. The third kappa shape index (κ3) is 4.31. The molecular formula is C21H25N5O2. The number of benzene rings is 1. The van der Waals surface area contributed by atoms with Crippen LogP contribution in [0.15, 0.2) is 59.7 Å². The molecule has 3 aromatic rings. The zero-order chi connectivity index (χ0) is 19.3. The van der Waals surface area contributed by atoms with E-state index in [1.165, 1.54) is 6.33 Å². The predicted molar refractivity (Wildman–Crippen MR) is 105 cm³/mol. The molecule has 1 aromatic carbocycles. The number of nitrogens with zero attached hydrogens (tertiary/aromatic N) is 5. The molecule has 0 spiro atoms. The van der Waals surface area contributed by atoms with Crippen LogP contribution in [-0.4, -0.2) is 56.7 Å². The summed E-state index contributed by atoms with van der Waals surface area (Å²) in [5.41, 5.74) is 1.78. The summed E-state index contributed by atoms with van der Waals surface area (Å²) in [4.78, 5) is 21.6. The van der Waals surface area contributed by atoms with Crippen LogP contribution in [0, 0.1) is 0 Å². The van der Waals surface area contributed by atoms with Crippen LogP contribution in [0.25, 0.3) is 0 Å². The monoisotopic (exact) mass is 379 g/mol. The molecule has 4 rings (SSSR count). The summed E-state index contributed by atoms with van der Waals surface area (Å²) in [6.45, 7) is 3.15. The Labute approximate surface area is 164 Å². The van der Waals surface area contributed by atoms with Gasteiger partial charge in [0, 0.05) is 11.6 Å². The van der Waals surface area contributed by atoms with Crippen molar-refractivity contribution in [3.8, 4) is 0 Å². The first-order valence-corrected chi connectivity index (χ1v) is 9.62. The Kier molecular flexibility index (Phi) is 5.53. The zero-order valence-electron chi connectivity index (χ0n) is 16.1. The second kappa shape index (κ2) is 8.39. The predicted octanol–water partition coefficient (Wildman–Crippen LogP) is 2.66. The molecule has 28 heavy (non-hydrogen) atoms. The molecule has 0 aliphatic carbocycles. The van der Waals surface area contributed by atoms with Gasteiger partial charge in [-0.05, 0) is 62.8 Å². The Morgan fingerprint density at radius 3 is 2.64 bits per heavy atom. The molecule has 0 saturated carbocycles. The maximum Gasteiger partial charge on any atom is 0.254 e. The van der Waals surface area contributed by atoms with Crippen molar-refractivity contribution in [3.05, 3.63) is 72.2 Å². The van der Waals surface area contributed by atoms with Gasteiger partial charge < -0.3 is 14.2 Å². The first-order valence-electron chi connectivity index (χ1n) is 9.62. The minimum atomic E-state index is 0.0539. The fourth-order valence-electron chi connectivity index (χ4n) is 3.66. The Morgan fingerprint density at radius 2 is 2.00 bits per heavy atom. The average Bonchev–Trinajstić information content (AvgIpc) is 3.41. The van der Waals surface area contributed by atoms with Crippen LogP contribution in [0.2, 0.25) is 0 Å². The third-order valence-corrected chi connectivity index (χ3v) is 5.31. The van der Waals surface area contributed by atoms with Gasteiger partial charge in [-0.25, -0.2) is 9.67 Å². The fourth-order valence-corrected chi connectivity index (χ4v) is 3.66. The highest BCUT2D eigenvalue weighted by atomic mass is 16.3. The van der Waals surface area contributed by atoms with E-state index in [1.807, 2.05) is 41.3 Å².